The fraction of sp³-hybridized carbons (Fsp3) is 0.846. The molecule has 1 aliphatic heterocycles. The lowest BCUT2D eigenvalue weighted by atomic mass is 9.93. The van der Waals surface area contributed by atoms with Crippen molar-refractivity contribution in [1.82, 2.24) is 10.2 Å². The van der Waals surface area contributed by atoms with Crippen LogP contribution in [0.3, 0.4) is 0 Å². The lowest BCUT2D eigenvalue weighted by molar-refractivity contribution is -0.132. The lowest BCUT2D eigenvalue weighted by Gasteiger charge is -2.35. The van der Waals surface area contributed by atoms with Gasteiger partial charge >= 0.3 is 0 Å². The quantitative estimate of drug-likeness (QED) is 0.741. The normalized spacial score (nSPS) is 28.0. The van der Waals surface area contributed by atoms with E-state index in [1.165, 1.54) is 32.1 Å². The van der Waals surface area contributed by atoms with Crippen LogP contribution in [0.4, 0.5) is 0 Å². The first-order valence-electron chi connectivity index (χ1n) is 6.74. The number of likely N-dealkylation sites (N-methyl/N-ethyl adjacent to an activating group) is 1. The first-order chi connectivity index (χ1) is 8.18. The van der Waals surface area contributed by atoms with Gasteiger partial charge in [0.25, 0.3) is 0 Å². The van der Waals surface area contributed by atoms with Gasteiger partial charge in [-0.1, -0.05) is 19.3 Å². The number of hydrogen-bond acceptors (Lipinski definition) is 3. The van der Waals surface area contributed by atoms with Crippen molar-refractivity contribution >= 4 is 11.8 Å². The number of carbonyl (C=O) groups excluding carboxylic acids is 2. The molecule has 2 amide bonds. The molecule has 1 aliphatic carbocycles. The van der Waals surface area contributed by atoms with Gasteiger partial charge in [0.2, 0.25) is 11.8 Å². The Labute approximate surface area is 103 Å². The van der Waals surface area contributed by atoms with Crippen LogP contribution >= 0.6 is 0 Å². The zero-order valence-corrected chi connectivity index (χ0v) is 10.6. The van der Waals surface area contributed by atoms with Crippen molar-refractivity contribution in [2.45, 2.75) is 63.5 Å². The third-order valence-electron chi connectivity index (χ3n) is 4.09. The van der Waals surface area contributed by atoms with E-state index >= 15 is 0 Å². The van der Waals surface area contributed by atoms with Gasteiger partial charge in [0.15, 0.2) is 0 Å². The maximum absolute atomic E-state index is 11.9. The highest BCUT2D eigenvalue weighted by Crippen LogP contribution is 2.25. The number of rotatable bonds is 2. The van der Waals surface area contributed by atoms with Crippen molar-refractivity contribution in [3.63, 3.8) is 0 Å². The summed E-state index contributed by atoms with van der Waals surface area (Å²) >= 11 is 0. The highest BCUT2D eigenvalue weighted by atomic mass is 16.2. The molecule has 2 rings (SSSR count). The molecule has 4 nitrogen and oxygen atoms in total. The number of carbonyl (C=O) groups is 2. The minimum atomic E-state index is -0.116. The molecule has 1 saturated heterocycles. The van der Waals surface area contributed by atoms with E-state index in [1.54, 1.807) is 0 Å². The molecule has 0 radical (unpaired) electrons. The van der Waals surface area contributed by atoms with Gasteiger partial charge in [0, 0.05) is 12.5 Å². The predicted octanol–water partition coefficient (Wildman–Crippen LogP) is 1.45. The van der Waals surface area contributed by atoms with Gasteiger partial charge in [-0.25, -0.2) is 0 Å². The van der Waals surface area contributed by atoms with E-state index in [9.17, 15) is 9.59 Å². The standard InChI is InChI=1S/C13H22N2O2/c1-15(10-6-3-2-4-7-10)11-8-5-9-12(16)14-13(11)17/h10-11H,2-9H2,1H3,(H,14,16,17). The Kier molecular flexibility index (Phi) is 4.15. The molecule has 1 unspecified atom stereocenters. The average Bonchev–Trinajstić information content (AvgIpc) is 2.50. The molecule has 1 saturated carbocycles. The van der Waals surface area contributed by atoms with Crippen LogP contribution in [0.5, 0.6) is 0 Å². The second kappa shape index (κ2) is 5.63. The molecule has 0 aromatic heterocycles. The molecule has 1 heterocycles. The SMILES string of the molecule is CN(C1CCCCC1)C1CCCC(=O)NC1=O. The van der Waals surface area contributed by atoms with Crippen molar-refractivity contribution in [3.8, 4) is 0 Å². The van der Waals surface area contributed by atoms with Gasteiger partial charge in [0.1, 0.15) is 0 Å². The average molecular weight is 238 g/mol. The van der Waals surface area contributed by atoms with Gasteiger partial charge in [-0.3, -0.25) is 19.8 Å². The molecule has 0 aromatic carbocycles. The predicted molar refractivity (Wildman–Crippen MR) is 65.4 cm³/mol. The summed E-state index contributed by atoms with van der Waals surface area (Å²) in [5, 5.41) is 2.49. The maximum atomic E-state index is 11.9. The van der Waals surface area contributed by atoms with Crippen molar-refractivity contribution in [2.24, 2.45) is 0 Å². The van der Waals surface area contributed by atoms with Crippen LogP contribution < -0.4 is 5.32 Å². The number of nitrogens with one attached hydrogen (secondary N) is 1. The van der Waals surface area contributed by atoms with E-state index in [2.05, 4.69) is 10.2 Å². The molecule has 2 aliphatic rings. The highest BCUT2D eigenvalue weighted by molar-refractivity contribution is 5.98. The Bertz CT molecular complexity index is 298. The van der Waals surface area contributed by atoms with Gasteiger partial charge < -0.3 is 0 Å². The molecule has 4 heteroatoms. The van der Waals surface area contributed by atoms with E-state index in [0.717, 1.165) is 12.8 Å². The molecular weight excluding hydrogens is 216 g/mol. The van der Waals surface area contributed by atoms with E-state index in [4.69, 9.17) is 0 Å². The summed E-state index contributed by atoms with van der Waals surface area (Å²) in [4.78, 5) is 25.4. The second-order valence-corrected chi connectivity index (χ2v) is 5.28. The Hall–Kier alpha value is -0.900. The monoisotopic (exact) mass is 238 g/mol. The summed E-state index contributed by atoms with van der Waals surface area (Å²) in [7, 11) is 2.04. The van der Waals surface area contributed by atoms with E-state index in [1.807, 2.05) is 7.05 Å². The smallest absolute Gasteiger partial charge is 0.243 e. The first-order valence-corrected chi connectivity index (χ1v) is 6.74. The van der Waals surface area contributed by atoms with Crippen molar-refractivity contribution < 1.29 is 9.59 Å². The van der Waals surface area contributed by atoms with E-state index in [-0.39, 0.29) is 17.9 Å². The fourth-order valence-electron chi connectivity index (χ4n) is 3.00. The number of hydrogen-bond donors (Lipinski definition) is 1. The minimum absolute atomic E-state index is 0.0967. The maximum Gasteiger partial charge on any atom is 0.243 e. The molecule has 2 fully saturated rings. The van der Waals surface area contributed by atoms with Crippen LogP contribution in [-0.2, 0) is 9.59 Å². The van der Waals surface area contributed by atoms with Crippen LogP contribution in [0.1, 0.15) is 51.4 Å². The molecular formula is C13H22N2O2. The van der Waals surface area contributed by atoms with Crippen LogP contribution in [0.25, 0.3) is 0 Å². The summed E-state index contributed by atoms with van der Waals surface area (Å²) in [6.45, 7) is 0. The molecule has 1 N–H and O–H groups in total. The summed E-state index contributed by atoms with van der Waals surface area (Å²) < 4.78 is 0. The molecule has 0 aromatic rings. The second-order valence-electron chi connectivity index (χ2n) is 5.28. The first kappa shape index (κ1) is 12.6. The van der Waals surface area contributed by atoms with Crippen molar-refractivity contribution in [1.29, 1.82) is 0 Å². The largest absolute Gasteiger partial charge is 0.295 e. The molecule has 0 spiro atoms. The van der Waals surface area contributed by atoms with Crippen LogP contribution in [0.15, 0.2) is 0 Å². The number of amides is 2. The number of nitrogens with zero attached hydrogens (tertiary/aromatic N) is 1. The summed E-state index contributed by atoms with van der Waals surface area (Å²) in [6, 6.07) is 0.414. The minimum Gasteiger partial charge on any atom is -0.295 e. The third kappa shape index (κ3) is 3.06. The van der Waals surface area contributed by atoms with Crippen molar-refractivity contribution in [3.05, 3.63) is 0 Å². The Morgan fingerprint density at radius 3 is 2.47 bits per heavy atom. The Balaban J connectivity index is 1.98. The van der Waals surface area contributed by atoms with Gasteiger partial charge in [0.05, 0.1) is 6.04 Å². The zero-order chi connectivity index (χ0) is 12.3. The molecule has 1 atom stereocenters. The summed E-state index contributed by atoms with van der Waals surface area (Å²) in [5.74, 6) is -0.213. The highest BCUT2D eigenvalue weighted by Gasteiger charge is 2.31. The summed E-state index contributed by atoms with van der Waals surface area (Å²) in [5.41, 5.74) is 0. The third-order valence-corrected chi connectivity index (χ3v) is 4.09. The fourth-order valence-corrected chi connectivity index (χ4v) is 3.00. The number of imide groups is 1. The summed E-state index contributed by atoms with van der Waals surface area (Å²) in [6.07, 6.45) is 8.34. The van der Waals surface area contributed by atoms with Gasteiger partial charge in [-0.2, -0.15) is 0 Å². The Morgan fingerprint density at radius 1 is 1.06 bits per heavy atom. The zero-order valence-electron chi connectivity index (χ0n) is 10.6. The Morgan fingerprint density at radius 2 is 1.76 bits per heavy atom. The van der Waals surface area contributed by atoms with E-state index in [0.29, 0.717) is 12.5 Å². The van der Waals surface area contributed by atoms with Crippen LogP contribution in [-0.4, -0.2) is 35.8 Å². The lowest BCUT2D eigenvalue weighted by Crippen LogP contribution is -2.49. The van der Waals surface area contributed by atoms with Crippen LogP contribution in [0, 0.1) is 0 Å². The molecule has 0 bridgehead atoms. The van der Waals surface area contributed by atoms with Gasteiger partial charge in [-0.15, -0.1) is 0 Å². The van der Waals surface area contributed by atoms with Gasteiger partial charge in [-0.05, 0) is 32.7 Å². The van der Waals surface area contributed by atoms with Crippen LogP contribution in [0.2, 0.25) is 0 Å². The van der Waals surface area contributed by atoms with E-state index < -0.39 is 0 Å². The van der Waals surface area contributed by atoms with Crippen molar-refractivity contribution in [2.75, 3.05) is 7.05 Å². The molecule has 96 valence electrons. The molecule has 17 heavy (non-hydrogen) atoms. The topological polar surface area (TPSA) is 49.4 Å².